The second-order valence-electron chi connectivity index (χ2n) is 4.62. The molecule has 5 heteroatoms. The number of hydrogen-bond acceptors (Lipinski definition) is 2. The molecule has 0 atom stereocenters. The van der Waals surface area contributed by atoms with Gasteiger partial charge in [-0.25, -0.2) is 0 Å². The van der Waals surface area contributed by atoms with E-state index in [9.17, 15) is 13.2 Å². The third-order valence-electron chi connectivity index (χ3n) is 2.92. The van der Waals surface area contributed by atoms with Crippen molar-refractivity contribution in [1.29, 1.82) is 0 Å². The fourth-order valence-electron chi connectivity index (χ4n) is 1.87. The Kier molecular flexibility index (Phi) is 6.70. The Morgan fingerprint density at radius 3 is 2.37 bits per heavy atom. The number of rotatable bonds is 8. The molecule has 1 aromatic rings. The Morgan fingerprint density at radius 1 is 1.00 bits per heavy atom. The predicted molar refractivity (Wildman–Crippen MR) is 72.0 cm³/mol. The fourth-order valence-corrected chi connectivity index (χ4v) is 1.87. The molecular weight excluding hydrogens is 253 g/mol. The summed E-state index contributed by atoms with van der Waals surface area (Å²) in [7, 11) is 0. The molecule has 0 aliphatic heterocycles. The second-order valence-corrected chi connectivity index (χ2v) is 4.62. The molecule has 19 heavy (non-hydrogen) atoms. The summed E-state index contributed by atoms with van der Waals surface area (Å²) in [4.78, 5) is 0. The molecule has 3 N–H and O–H groups in total. The van der Waals surface area contributed by atoms with Gasteiger partial charge in [0.2, 0.25) is 0 Å². The third-order valence-corrected chi connectivity index (χ3v) is 2.92. The highest BCUT2D eigenvalue weighted by molar-refractivity contribution is 5.46. The summed E-state index contributed by atoms with van der Waals surface area (Å²) < 4.78 is 35.6. The molecule has 2 nitrogen and oxygen atoms in total. The average Bonchev–Trinajstić information content (AvgIpc) is 2.33. The summed E-state index contributed by atoms with van der Waals surface area (Å²) in [5.74, 6) is 0. The van der Waals surface area contributed by atoms with Gasteiger partial charge in [0, 0.05) is 12.1 Å². The highest BCUT2D eigenvalue weighted by Crippen LogP contribution is 2.21. The van der Waals surface area contributed by atoms with E-state index in [0.29, 0.717) is 13.0 Å². The van der Waals surface area contributed by atoms with Crippen LogP contribution in [0.5, 0.6) is 0 Å². The van der Waals surface area contributed by atoms with Gasteiger partial charge < -0.3 is 11.1 Å². The fraction of sp³-hybridized carbons (Fsp3) is 0.571. The lowest BCUT2D eigenvalue weighted by Crippen LogP contribution is -2.18. The molecular formula is C14H21F3N2. The van der Waals surface area contributed by atoms with E-state index in [-0.39, 0.29) is 6.42 Å². The number of nitrogen functional groups attached to an aromatic ring is 1. The quantitative estimate of drug-likeness (QED) is 0.562. The first-order chi connectivity index (χ1) is 8.99. The predicted octanol–water partition coefficient (Wildman–Crippen LogP) is 3.52. The monoisotopic (exact) mass is 274 g/mol. The van der Waals surface area contributed by atoms with Crippen molar-refractivity contribution in [3.05, 3.63) is 29.8 Å². The van der Waals surface area contributed by atoms with E-state index in [1.807, 2.05) is 24.3 Å². The van der Waals surface area contributed by atoms with Crippen molar-refractivity contribution in [3.8, 4) is 0 Å². The largest absolute Gasteiger partial charge is 0.399 e. The van der Waals surface area contributed by atoms with Gasteiger partial charge in [-0.15, -0.1) is 0 Å². The summed E-state index contributed by atoms with van der Waals surface area (Å²) in [6.07, 6.45) is -2.12. The number of aryl methyl sites for hydroxylation is 1. The third kappa shape index (κ3) is 7.72. The number of hydrogen-bond donors (Lipinski definition) is 2. The van der Waals surface area contributed by atoms with E-state index in [1.165, 1.54) is 0 Å². The summed E-state index contributed by atoms with van der Waals surface area (Å²) in [5.41, 5.74) is 7.74. The van der Waals surface area contributed by atoms with Crippen LogP contribution in [0.4, 0.5) is 18.9 Å². The number of benzene rings is 1. The molecule has 0 bridgehead atoms. The van der Waals surface area contributed by atoms with E-state index in [2.05, 4.69) is 5.32 Å². The molecule has 0 aromatic heterocycles. The van der Waals surface area contributed by atoms with Crippen molar-refractivity contribution in [2.45, 2.75) is 38.3 Å². The summed E-state index contributed by atoms with van der Waals surface area (Å²) >= 11 is 0. The highest BCUT2D eigenvalue weighted by atomic mass is 19.4. The van der Waals surface area contributed by atoms with Crippen LogP contribution in [-0.4, -0.2) is 19.3 Å². The van der Waals surface area contributed by atoms with E-state index < -0.39 is 12.6 Å². The zero-order valence-electron chi connectivity index (χ0n) is 11.0. The number of halogens is 3. The van der Waals surface area contributed by atoms with Gasteiger partial charge in [-0.2, -0.15) is 13.2 Å². The van der Waals surface area contributed by atoms with Crippen LogP contribution in [0.3, 0.4) is 0 Å². The Hall–Kier alpha value is -1.23. The van der Waals surface area contributed by atoms with Gasteiger partial charge in [-0.3, -0.25) is 0 Å². The summed E-state index contributed by atoms with van der Waals surface area (Å²) in [6, 6.07) is 7.73. The van der Waals surface area contributed by atoms with Crippen LogP contribution >= 0.6 is 0 Å². The zero-order valence-corrected chi connectivity index (χ0v) is 11.0. The second kappa shape index (κ2) is 8.04. The molecule has 0 heterocycles. The number of unbranched alkanes of at least 4 members (excludes halogenated alkanes) is 1. The normalized spacial score (nSPS) is 11.7. The molecule has 0 saturated heterocycles. The zero-order chi connectivity index (χ0) is 14.1. The van der Waals surface area contributed by atoms with Crippen LogP contribution in [0.25, 0.3) is 0 Å². The Bertz CT molecular complexity index is 364. The van der Waals surface area contributed by atoms with Crippen molar-refractivity contribution in [3.63, 3.8) is 0 Å². The SMILES string of the molecule is Nc1ccccc1CCCNCCCCC(F)(F)F. The van der Waals surface area contributed by atoms with Crippen LogP contribution in [0.2, 0.25) is 0 Å². The van der Waals surface area contributed by atoms with Gasteiger partial charge in [-0.1, -0.05) is 18.2 Å². The molecule has 108 valence electrons. The maximum atomic E-state index is 11.9. The lowest BCUT2D eigenvalue weighted by molar-refractivity contribution is -0.135. The molecule has 0 amide bonds. The van der Waals surface area contributed by atoms with Crippen molar-refractivity contribution in [2.24, 2.45) is 0 Å². The summed E-state index contributed by atoms with van der Waals surface area (Å²) in [6.45, 7) is 1.45. The van der Waals surface area contributed by atoms with E-state index >= 15 is 0 Å². The smallest absolute Gasteiger partial charge is 0.389 e. The van der Waals surface area contributed by atoms with Gasteiger partial charge in [-0.05, 0) is 50.4 Å². The molecule has 0 radical (unpaired) electrons. The first-order valence-corrected chi connectivity index (χ1v) is 6.60. The number of anilines is 1. The van der Waals surface area contributed by atoms with Crippen molar-refractivity contribution in [2.75, 3.05) is 18.8 Å². The minimum atomic E-state index is -4.02. The number of para-hydroxylation sites is 1. The van der Waals surface area contributed by atoms with Crippen LogP contribution in [0.1, 0.15) is 31.2 Å². The first kappa shape index (κ1) is 15.8. The lowest BCUT2D eigenvalue weighted by atomic mass is 10.1. The molecule has 0 unspecified atom stereocenters. The average molecular weight is 274 g/mol. The van der Waals surface area contributed by atoms with Crippen LogP contribution in [0, 0.1) is 0 Å². The maximum absolute atomic E-state index is 11.9. The van der Waals surface area contributed by atoms with E-state index in [4.69, 9.17) is 5.73 Å². The molecule has 1 rings (SSSR count). The maximum Gasteiger partial charge on any atom is 0.389 e. The molecule has 1 aromatic carbocycles. The van der Waals surface area contributed by atoms with E-state index in [1.54, 1.807) is 0 Å². The molecule has 0 aliphatic rings. The van der Waals surface area contributed by atoms with Gasteiger partial charge in [0.25, 0.3) is 0 Å². The number of alkyl halides is 3. The minimum absolute atomic E-state index is 0.197. The van der Waals surface area contributed by atoms with Gasteiger partial charge in [0.1, 0.15) is 0 Å². The Morgan fingerprint density at radius 2 is 1.68 bits per heavy atom. The molecule has 0 saturated carbocycles. The molecule has 0 fully saturated rings. The minimum Gasteiger partial charge on any atom is -0.399 e. The van der Waals surface area contributed by atoms with Gasteiger partial charge in [0.05, 0.1) is 0 Å². The molecule has 0 spiro atoms. The van der Waals surface area contributed by atoms with Crippen LogP contribution < -0.4 is 11.1 Å². The van der Waals surface area contributed by atoms with Crippen molar-refractivity contribution >= 4 is 5.69 Å². The lowest BCUT2D eigenvalue weighted by Gasteiger charge is -2.08. The topological polar surface area (TPSA) is 38.0 Å². The first-order valence-electron chi connectivity index (χ1n) is 6.60. The highest BCUT2D eigenvalue weighted by Gasteiger charge is 2.25. The van der Waals surface area contributed by atoms with Gasteiger partial charge >= 0.3 is 6.18 Å². The summed E-state index contributed by atoms with van der Waals surface area (Å²) in [5, 5.41) is 3.15. The molecule has 0 aliphatic carbocycles. The van der Waals surface area contributed by atoms with E-state index in [0.717, 1.165) is 30.6 Å². The van der Waals surface area contributed by atoms with Crippen LogP contribution in [-0.2, 0) is 6.42 Å². The Balaban J connectivity index is 1.99. The van der Waals surface area contributed by atoms with Crippen LogP contribution in [0.15, 0.2) is 24.3 Å². The van der Waals surface area contributed by atoms with Crippen molar-refractivity contribution in [1.82, 2.24) is 5.32 Å². The standard InChI is InChI=1S/C14H21F3N2/c15-14(16,17)9-3-4-10-19-11-5-7-12-6-1-2-8-13(12)18/h1-2,6,8,19H,3-5,7,9-11,18H2. The Labute approximate surface area is 112 Å². The number of nitrogens with two attached hydrogens (primary N) is 1. The number of nitrogens with one attached hydrogen (secondary N) is 1. The van der Waals surface area contributed by atoms with Gasteiger partial charge in [0.15, 0.2) is 0 Å². The van der Waals surface area contributed by atoms with Crippen molar-refractivity contribution < 1.29 is 13.2 Å².